The van der Waals surface area contributed by atoms with Crippen molar-refractivity contribution < 1.29 is 9.59 Å². The van der Waals surface area contributed by atoms with Gasteiger partial charge in [-0.05, 0) is 30.2 Å². The molecule has 0 amide bonds. The Morgan fingerprint density at radius 3 is 2.63 bits per heavy atom. The fraction of sp³-hybridized carbons (Fsp3) is 0.600. The highest BCUT2D eigenvalue weighted by Crippen LogP contribution is 2.66. The first-order valence-electron chi connectivity index (χ1n) is 6.74. The Labute approximate surface area is 112 Å². The molecule has 2 fully saturated rings. The Morgan fingerprint density at radius 1 is 1.37 bits per heavy atom. The van der Waals surface area contributed by atoms with Crippen LogP contribution < -0.4 is 0 Å². The Morgan fingerprint density at radius 2 is 2.11 bits per heavy atom. The van der Waals surface area contributed by atoms with E-state index in [4.69, 9.17) is 0 Å². The van der Waals surface area contributed by atoms with Gasteiger partial charge in [-0.3, -0.25) is 9.59 Å². The highest BCUT2D eigenvalue weighted by molar-refractivity contribution is 6.13. The van der Waals surface area contributed by atoms with E-state index in [0.29, 0.717) is 5.69 Å². The maximum absolute atomic E-state index is 12.7. The number of hydrogen-bond acceptors (Lipinski definition) is 4. The fourth-order valence-electron chi connectivity index (χ4n) is 3.98. The summed E-state index contributed by atoms with van der Waals surface area (Å²) in [6.07, 6.45) is 4.76. The lowest BCUT2D eigenvalue weighted by molar-refractivity contribution is -0.130. The number of aromatic nitrogens is 2. The van der Waals surface area contributed by atoms with E-state index in [0.717, 1.165) is 12.8 Å². The average Bonchev–Trinajstić information content (AvgIpc) is 2.71. The number of hydrogen-bond donors (Lipinski definition) is 0. The van der Waals surface area contributed by atoms with E-state index >= 15 is 0 Å². The van der Waals surface area contributed by atoms with Gasteiger partial charge in [0.15, 0.2) is 5.78 Å². The summed E-state index contributed by atoms with van der Waals surface area (Å²) >= 11 is 0. The summed E-state index contributed by atoms with van der Waals surface area (Å²) in [6, 6.07) is 1.59. The molecule has 100 valence electrons. The maximum Gasteiger partial charge on any atom is 0.192 e. The molecule has 0 radical (unpaired) electrons. The second-order valence-electron chi connectivity index (χ2n) is 6.50. The average molecular weight is 258 g/mol. The quantitative estimate of drug-likeness (QED) is 0.603. The van der Waals surface area contributed by atoms with Crippen molar-refractivity contribution in [2.75, 3.05) is 0 Å². The molecule has 2 aliphatic rings. The molecule has 4 nitrogen and oxygen atoms in total. The largest absolute Gasteiger partial charge is 0.298 e. The molecule has 1 aromatic rings. The molecule has 2 aliphatic carbocycles. The molecule has 3 rings (SSSR count). The predicted molar refractivity (Wildman–Crippen MR) is 69.5 cm³/mol. The van der Waals surface area contributed by atoms with E-state index in [1.165, 1.54) is 6.33 Å². The monoisotopic (exact) mass is 258 g/mol. The van der Waals surface area contributed by atoms with Crippen LogP contribution in [0.5, 0.6) is 0 Å². The molecule has 0 aliphatic heterocycles. The van der Waals surface area contributed by atoms with Crippen LogP contribution in [0, 0.1) is 22.7 Å². The van der Waals surface area contributed by atoms with Crippen LogP contribution in [-0.4, -0.2) is 21.5 Å². The summed E-state index contributed by atoms with van der Waals surface area (Å²) in [7, 11) is 0. The highest BCUT2D eigenvalue weighted by atomic mass is 16.2. The van der Waals surface area contributed by atoms with Crippen molar-refractivity contribution >= 4 is 11.6 Å². The lowest BCUT2D eigenvalue weighted by Gasteiger charge is -2.32. The van der Waals surface area contributed by atoms with E-state index in [2.05, 4.69) is 23.8 Å². The third-order valence-corrected chi connectivity index (χ3v) is 5.65. The molecule has 0 spiro atoms. The van der Waals surface area contributed by atoms with Crippen LogP contribution >= 0.6 is 0 Å². The minimum atomic E-state index is -0.511. The van der Waals surface area contributed by atoms with Gasteiger partial charge in [0, 0.05) is 11.6 Å². The number of nitrogens with zero attached hydrogens (tertiary/aromatic N) is 2. The predicted octanol–water partition coefficient (Wildman–Crippen LogP) is 2.30. The van der Waals surface area contributed by atoms with Gasteiger partial charge in [-0.1, -0.05) is 20.8 Å². The molecule has 0 saturated heterocycles. The third-order valence-electron chi connectivity index (χ3n) is 5.65. The van der Waals surface area contributed by atoms with Crippen molar-refractivity contribution in [1.82, 2.24) is 9.97 Å². The molecule has 4 heteroatoms. The third kappa shape index (κ3) is 1.40. The van der Waals surface area contributed by atoms with E-state index in [1.54, 1.807) is 12.3 Å². The van der Waals surface area contributed by atoms with E-state index in [9.17, 15) is 9.59 Å². The van der Waals surface area contributed by atoms with E-state index in [-0.39, 0.29) is 28.3 Å². The van der Waals surface area contributed by atoms with Crippen LogP contribution in [-0.2, 0) is 4.79 Å². The Balaban J connectivity index is 2.01. The van der Waals surface area contributed by atoms with Gasteiger partial charge >= 0.3 is 0 Å². The van der Waals surface area contributed by atoms with Crippen LogP contribution in [0.15, 0.2) is 18.6 Å². The zero-order valence-electron chi connectivity index (χ0n) is 11.5. The van der Waals surface area contributed by atoms with E-state index < -0.39 is 5.92 Å². The first-order chi connectivity index (χ1) is 8.89. The Hall–Kier alpha value is -1.58. The van der Waals surface area contributed by atoms with Crippen LogP contribution in [0.4, 0.5) is 0 Å². The molecular weight excluding hydrogens is 240 g/mol. The number of carbonyl (C=O) groups is 2. The first-order valence-corrected chi connectivity index (χ1v) is 6.74. The Kier molecular flexibility index (Phi) is 2.43. The van der Waals surface area contributed by atoms with Crippen LogP contribution in [0.1, 0.15) is 44.1 Å². The van der Waals surface area contributed by atoms with Crippen molar-refractivity contribution in [3.05, 3.63) is 24.3 Å². The number of Topliss-reactive ketones (excluding diaryl/α,β-unsaturated/α-hetero) is 2. The molecule has 0 N–H and O–H groups in total. The van der Waals surface area contributed by atoms with Crippen molar-refractivity contribution in [2.24, 2.45) is 22.7 Å². The summed E-state index contributed by atoms with van der Waals surface area (Å²) in [6.45, 7) is 6.26. The highest BCUT2D eigenvalue weighted by Gasteiger charge is 2.67. The zero-order chi connectivity index (χ0) is 13.8. The molecule has 0 aromatic carbocycles. The standard InChI is InChI=1S/C15H18N2O2/c1-14(2)9-4-6-15(14,3)13(19)11(9)12(18)10-5-7-16-8-17-10/h5,7-9,11H,4,6H2,1-3H3. The molecular formula is C15H18N2O2. The van der Waals surface area contributed by atoms with Gasteiger partial charge in [-0.25, -0.2) is 9.97 Å². The maximum atomic E-state index is 12.7. The summed E-state index contributed by atoms with van der Waals surface area (Å²) in [5, 5.41) is 0. The summed E-state index contributed by atoms with van der Waals surface area (Å²) in [5.41, 5.74) is -0.0945. The molecule has 1 aromatic heterocycles. The van der Waals surface area contributed by atoms with E-state index in [1.807, 2.05) is 6.92 Å². The van der Waals surface area contributed by atoms with Gasteiger partial charge in [0.25, 0.3) is 0 Å². The Bertz CT molecular complexity index is 553. The molecule has 2 saturated carbocycles. The minimum Gasteiger partial charge on any atom is -0.298 e. The smallest absolute Gasteiger partial charge is 0.192 e. The molecule has 3 atom stereocenters. The number of fused-ring (bicyclic) bond motifs is 2. The van der Waals surface area contributed by atoms with Gasteiger partial charge in [-0.15, -0.1) is 0 Å². The first kappa shape index (κ1) is 12.5. The second kappa shape index (κ2) is 3.71. The minimum absolute atomic E-state index is 0.0998. The molecule has 3 unspecified atom stereocenters. The van der Waals surface area contributed by atoms with Crippen molar-refractivity contribution in [2.45, 2.75) is 33.6 Å². The molecule has 2 bridgehead atoms. The SMILES string of the molecule is CC12CCC(C(C(=O)c3ccncn3)C1=O)C2(C)C. The fourth-order valence-corrected chi connectivity index (χ4v) is 3.98. The van der Waals surface area contributed by atoms with Gasteiger partial charge < -0.3 is 0 Å². The second-order valence-corrected chi connectivity index (χ2v) is 6.50. The number of ketones is 2. The summed E-state index contributed by atoms with van der Waals surface area (Å²) in [5.74, 6) is -0.387. The number of rotatable bonds is 2. The van der Waals surface area contributed by atoms with Gasteiger partial charge in [-0.2, -0.15) is 0 Å². The van der Waals surface area contributed by atoms with Crippen LogP contribution in [0.3, 0.4) is 0 Å². The normalized spacial score (nSPS) is 35.6. The van der Waals surface area contributed by atoms with Crippen LogP contribution in [0.25, 0.3) is 0 Å². The lowest BCUT2D eigenvalue weighted by Crippen LogP contribution is -2.35. The van der Waals surface area contributed by atoms with Crippen LogP contribution in [0.2, 0.25) is 0 Å². The zero-order valence-corrected chi connectivity index (χ0v) is 11.5. The summed E-state index contributed by atoms with van der Waals surface area (Å²) < 4.78 is 0. The topological polar surface area (TPSA) is 59.9 Å². The van der Waals surface area contributed by atoms with Gasteiger partial charge in [0.05, 0.1) is 5.92 Å². The van der Waals surface area contributed by atoms with Gasteiger partial charge in [0.1, 0.15) is 17.8 Å². The van der Waals surface area contributed by atoms with Crippen molar-refractivity contribution in [1.29, 1.82) is 0 Å². The summed E-state index contributed by atoms with van der Waals surface area (Å²) in [4.78, 5) is 33.0. The van der Waals surface area contributed by atoms with Crippen molar-refractivity contribution in [3.63, 3.8) is 0 Å². The molecule has 1 heterocycles. The lowest BCUT2D eigenvalue weighted by atomic mass is 9.70. The van der Waals surface area contributed by atoms with Gasteiger partial charge in [0.2, 0.25) is 0 Å². The van der Waals surface area contributed by atoms with Crippen molar-refractivity contribution in [3.8, 4) is 0 Å². The number of carbonyl (C=O) groups excluding carboxylic acids is 2. The molecule has 19 heavy (non-hydrogen) atoms.